The summed E-state index contributed by atoms with van der Waals surface area (Å²) in [5, 5.41) is 3.28. The van der Waals surface area contributed by atoms with Gasteiger partial charge in [0.1, 0.15) is 0 Å². The minimum absolute atomic E-state index is 0.281. The fourth-order valence-corrected chi connectivity index (χ4v) is 2.51. The normalized spacial score (nSPS) is 29.5. The van der Waals surface area contributed by atoms with Crippen molar-refractivity contribution in [3.8, 4) is 0 Å². The van der Waals surface area contributed by atoms with Gasteiger partial charge in [0, 0.05) is 24.4 Å². The third-order valence-corrected chi connectivity index (χ3v) is 3.49. The van der Waals surface area contributed by atoms with Crippen molar-refractivity contribution in [3.63, 3.8) is 0 Å². The second kappa shape index (κ2) is 4.91. The highest BCUT2D eigenvalue weighted by Gasteiger charge is 2.28. The van der Waals surface area contributed by atoms with Gasteiger partial charge in [0.2, 0.25) is 0 Å². The van der Waals surface area contributed by atoms with Gasteiger partial charge in [-0.2, -0.15) is 0 Å². The van der Waals surface area contributed by atoms with Crippen molar-refractivity contribution in [2.75, 3.05) is 7.05 Å². The highest BCUT2D eigenvalue weighted by Crippen LogP contribution is 2.36. The van der Waals surface area contributed by atoms with Crippen molar-refractivity contribution in [2.24, 2.45) is 17.1 Å². The average Bonchev–Trinajstić information content (AvgIpc) is 2.10. The minimum Gasteiger partial charge on any atom is -0.400 e. The fraction of sp³-hybridized carbons (Fsp3) is 0.846. The van der Waals surface area contributed by atoms with Crippen molar-refractivity contribution in [3.05, 3.63) is 11.4 Å². The maximum atomic E-state index is 6.31. The van der Waals surface area contributed by atoms with E-state index in [1.807, 2.05) is 7.05 Å². The third kappa shape index (κ3) is 3.15. The van der Waals surface area contributed by atoms with Gasteiger partial charge >= 0.3 is 0 Å². The van der Waals surface area contributed by atoms with Gasteiger partial charge in [0.05, 0.1) is 0 Å². The third-order valence-electron chi connectivity index (χ3n) is 3.49. The van der Waals surface area contributed by atoms with E-state index in [0.29, 0.717) is 5.92 Å². The van der Waals surface area contributed by atoms with Gasteiger partial charge in [-0.1, -0.05) is 33.6 Å². The average molecular weight is 210 g/mol. The van der Waals surface area contributed by atoms with Crippen LogP contribution in [0.5, 0.6) is 0 Å². The van der Waals surface area contributed by atoms with Crippen molar-refractivity contribution in [1.82, 2.24) is 5.32 Å². The number of nitrogens with two attached hydrogens (primary N) is 1. The summed E-state index contributed by atoms with van der Waals surface area (Å²) in [6, 6.07) is 0. The van der Waals surface area contributed by atoms with Gasteiger partial charge in [-0.05, 0) is 24.7 Å². The Hall–Kier alpha value is -0.660. The molecule has 1 atom stereocenters. The summed E-state index contributed by atoms with van der Waals surface area (Å²) in [5.74, 6) is 0.528. The molecular weight excluding hydrogens is 184 g/mol. The smallest absolute Gasteiger partial charge is 0.0310 e. The topological polar surface area (TPSA) is 38.0 Å². The number of hydrogen-bond acceptors (Lipinski definition) is 2. The van der Waals surface area contributed by atoms with Gasteiger partial charge in [0.25, 0.3) is 0 Å². The van der Waals surface area contributed by atoms with E-state index in [2.05, 4.69) is 26.1 Å². The van der Waals surface area contributed by atoms with Crippen LogP contribution < -0.4 is 11.1 Å². The van der Waals surface area contributed by atoms with E-state index < -0.39 is 0 Å². The zero-order chi connectivity index (χ0) is 11.5. The lowest BCUT2D eigenvalue weighted by Crippen LogP contribution is -2.30. The molecule has 0 radical (unpaired) electrons. The molecule has 0 amide bonds. The van der Waals surface area contributed by atoms with Crippen LogP contribution in [0.25, 0.3) is 0 Å². The standard InChI is InChI=1S/C13H26N2/c1-13(2,3)10-8-6-5-7-9-11(15-4)12(10)14/h10,15H,5-9,14H2,1-4H3/b12-11-. The van der Waals surface area contributed by atoms with Gasteiger partial charge in [-0.25, -0.2) is 0 Å². The lowest BCUT2D eigenvalue weighted by molar-refractivity contribution is 0.249. The van der Waals surface area contributed by atoms with Crippen LogP contribution in [0, 0.1) is 11.3 Å². The van der Waals surface area contributed by atoms with Crippen molar-refractivity contribution >= 4 is 0 Å². The summed E-state index contributed by atoms with van der Waals surface area (Å²) >= 11 is 0. The van der Waals surface area contributed by atoms with Crippen molar-refractivity contribution in [2.45, 2.75) is 52.9 Å². The van der Waals surface area contributed by atoms with E-state index in [1.165, 1.54) is 31.4 Å². The largest absolute Gasteiger partial charge is 0.400 e. The van der Waals surface area contributed by atoms with Gasteiger partial charge in [0.15, 0.2) is 0 Å². The van der Waals surface area contributed by atoms with Crippen LogP contribution in [-0.4, -0.2) is 7.05 Å². The van der Waals surface area contributed by atoms with Crippen LogP contribution >= 0.6 is 0 Å². The molecule has 0 saturated heterocycles. The van der Waals surface area contributed by atoms with Crippen molar-refractivity contribution < 1.29 is 0 Å². The molecule has 2 nitrogen and oxygen atoms in total. The maximum absolute atomic E-state index is 6.31. The Balaban J connectivity index is 2.95. The van der Waals surface area contributed by atoms with Crippen molar-refractivity contribution in [1.29, 1.82) is 0 Å². The Kier molecular flexibility index (Phi) is 4.06. The highest BCUT2D eigenvalue weighted by atomic mass is 14.9. The molecule has 0 saturated carbocycles. The first-order valence-electron chi connectivity index (χ1n) is 6.13. The zero-order valence-electron chi connectivity index (χ0n) is 10.7. The van der Waals surface area contributed by atoms with E-state index >= 15 is 0 Å². The first kappa shape index (κ1) is 12.4. The Morgan fingerprint density at radius 2 is 1.87 bits per heavy atom. The van der Waals surface area contributed by atoms with Crippen LogP contribution in [0.2, 0.25) is 0 Å². The summed E-state index contributed by atoms with van der Waals surface area (Å²) in [4.78, 5) is 0. The minimum atomic E-state index is 0.281. The Morgan fingerprint density at radius 1 is 1.20 bits per heavy atom. The first-order chi connectivity index (χ1) is 6.96. The number of hydrogen-bond donors (Lipinski definition) is 2. The predicted octanol–water partition coefficient (Wildman–Crippen LogP) is 3.00. The molecule has 0 aromatic carbocycles. The molecule has 1 aliphatic carbocycles. The van der Waals surface area contributed by atoms with E-state index in [-0.39, 0.29) is 5.41 Å². The molecule has 15 heavy (non-hydrogen) atoms. The molecule has 0 aromatic rings. The van der Waals surface area contributed by atoms with Crippen LogP contribution in [0.15, 0.2) is 11.4 Å². The Bertz CT molecular complexity index is 235. The quantitative estimate of drug-likeness (QED) is 0.698. The molecule has 1 aliphatic rings. The summed E-state index contributed by atoms with van der Waals surface area (Å²) < 4.78 is 0. The summed E-state index contributed by atoms with van der Waals surface area (Å²) in [6.45, 7) is 6.87. The SMILES string of the molecule is CN/C1=C(\N)C(C(C)(C)C)CCCCC1. The number of rotatable bonds is 1. The predicted molar refractivity (Wildman–Crippen MR) is 66.3 cm³/mol. The van der Waals surface area contributed by atoms with E-state index in [0.717, 1.165) is 12.1 Å². The van der Waals surface area contributed by atoms with Gasteiger partial charge < -0.3 is 11.1 Å². The lowest BCUT2D eigenvalue weighted by Gasteiger charge is -2.34. The van der Waals surface area contributed by atoms with Crippen LogP contribution in [0.4, 0.5) is 0 Å². The summed E-state index contributed by atoms with van der Waals surface area (Å²) in [5.41, 5.74) is 8.96. The summed E-state index contributed by atoms with van der Waals surface area (Å²) in [7, 11) is 1.99. The molecule has 0 spiro atoms. The zero-order valence-corrected chi connectivity index (χ0v) is 10.7. The van der Waals surface area contributed by atoms with E-state index in [1.54, 1.807) is 0 Å². The molecular formula is C13H26N2. The molecule has 0 bridgehead atoms. The lowest BCUT2D eigenvalue weighted by atomic mass is 9.74. The monoisotopic (exact) mass is 210 g/mol. The van der Waals surface area contributed by atoms with Crippen LogP contribution in [-0.2, 0) is 0 Å². The Morgan fingerprint density at radius 3 is 2.40 bits per heavy atom. The first-order valence-corrected chi connectivity index (χ1v) is 6.13. The van der Waals surface area contributed by atoms with E-state index in [4.69, 9.17) is 5.73 Å². The number of nitrogens with one attached hydrogen (secondary N) is 1. The van der Waals surface area contributed by atoms with Crippen LogP contribution in [0.3, 0.4) is 0 Å². The molecule has 88 valence electrons. The second-order valence-corrected chi connectivity index (χ2v) is 5.70. The molecule has 0 aliphatic heterocycles. The molecule has 0 heterocycles. The highest BCUT2D eigenvalue weighted by molar-refractivity contribution is 5.15. The van der Waals surface area contributed by atoms with E-state index in [9.17, 15) is 0 Å². The van der Waals surface area contributed by atoms with Gasteiger partial charge in [-0.15, -0.1) is 0 Å². The molecule has 1 unspecified atom stereocenters. The summed E-state index contributed by atoms with van der Waals surface area (Å²) in [6.07, 6.45) is 6.29. The van der Waals surface area contributed by atoms with Gasteiger partial charge in [-0.3, -0.25) is 0 Å². The molecule has 3 N–H and O–H groups in total. The molecule has 0 fully saturated rings. The molecule has 2 heteroatoms. The number of allylic oxidation sites excluding steroid dienone is 2. The molecule has 1 rings (SSSR count). The fourth-order valence-electron chi connectivity index (χ4n) is 2.51. The second-order valence-electron chi connectivity index (χ2n) is 5.70. The Labute approximate surface area is 94.3 Å². The molecule has 0 aromatic heterocycles. The maximum Gasteiger partial charge on any atom is 0.0310 e. The van der Waals surface area contributed by atoms with Crippen LogP contribution in [0.1, 0.15) is 52.9 Å².